The Labute approximate surface area is 152 Å². The van der Waals surface area contributed by atoms with Gasteiger partial charge in [-0.15, -0.1) is 0 Å². The Morgan fingerprint density at radius 2 is 1.92 bits per heavy atom. The lowest BCUT2D eigenvalue weighted by Crippen LogP contribution is -2.32. The molecule has 1 heterocycles. The van der Waals surface area contributed by atoms with Crippen LogP contribution >= 0.6 is 23.4 Å². The zero-order chi connectivity index (χ0) is 18.0. The van der Waals surface area contributed by atoms with E-state index in [0.717, 1.165) is 16.7 Å². The summed E-state index contributed by atoms with van der Waals surface area (Å²) in [5, 5.41) is 11.3. The van der Waals surface area contributed by atoms with Crippen LogP contribution in [0.3, 0.4) is 0 Å². The molecule has 0 saturated carbocycles. The van der Waals surface area contributed by atoms with Crippen molar-refractivity contribution in [1.29, 1.82) is 0 Å². The Morgan fingerprint density at radius 3 is 2.60 bits per heavy atom. The number of amides is 3. The lowest BCUT2D eigenvalue weighted by atomic mass is 10.2. The third kappa shape index (κ3) is 3.94. The van der Waals surface area contributed by atoms with Gasteiger partial charge in [0, 0.05) is 23.2 Å². The van der Waals surface area contributed by atoms with Crippen LogP contribution in [0.2, 0.25) is 5.02 Å². The van der Waals surface area contributed by atoms with Crippen LogP contribution in [-0.2, 0) is 9.59 Å². The highest BCUT2D eigenvalue weighted by molar-refractivity contribution is 8.15. The summed E-state index contributed by atoms with van der Waals surface area (Å²) >= 11 is 6.63. The monoisotopic (exact) mass is 376 g/mol. The average Bonchev–Trinajstić information content (AvgIpc) is 2.82. The van der Waals surface area contributed by atoms with Crippen LogP contribution < -0.4 is 10.2 Å². The number of aromatic hydroxyl groups is 1. The molecule has 2 aromatic carbocycles. The minimum atomic E-state index is -0.791. The molecule has 2 N–H and O–H groups in total. The smallest absolute Gasteiger partial charge is 0.293 e. The maximum Gasteiger partial charge on any atom is 0.293 e. The molecule has 0 aromatic heterocycles. The molecule has 8 heteroatoms. The van der Waals surface area contributed by atoms with Crippen molar-refractivity contribution in [3.63, 3.8) is 0 Å². The topological polar surface area (TPSA) is 86.7 Å². The molecule has 128 valence electrons. The Kier molecular flexibility index (Phi) is 4.96. The highest BCUT2D eigenvalue weighted by Crippen LogP contribution is 2.34. The van der Waals surface area contributed by atoms with Crippen molar-refractivity contribution >= 4 is 51.8 Å². The molecule has 1 aliphatic heterocycles. The lowest BCUT2D eigenvalue weighted by Gasteiger charge is -2.14. The summed E-state index contributed by atoms with van der Waals surface area (Å²) in [6.45, 7) is 0. The number of hydrogen-bond acceptors (Lipinski definition) is 5. The van der Waals surface area contributed by atoms with E-state index in [9.17, 15) is 19.5 Å². The maximum absolute atomic E-state index is 12.5. The molecule has 2 aromatic rings. The second-order valence-corrected chi connectivity index (χ2v) is 6.92. The number of phenolic OH excluding ortho intramolecular Hbond substituents is 1. The molecule has 3 rings (SSSR count). The van der Waals surface area contributed by atoms with E-state index in [2.05, 4.69) is 5.32 Å². The van der Waals surface area contributed by atoms with E-state index in [4.69, 9.17) is 11.6 Å². The Bertz CT molecular complexity index is 841. The van der Waals surface area contributed by atoms with Gasteiger partial charge < -0.3 is 10.4 Å². The van der Waals surface area contributed by atoms with Crippen LogP contribution in [0.5, 0.6) is 5.75 Å². The SMILES string of the molecule is O=C(CC1SC(=O)N(c2ccc(Cl)cc2)C1=O)Nc1cccc(O)c1. The third-order valence-electron chi connectivity index (χ3n) is 3.51. The number of nitrogens with zero attached hydrogens (tertiary/aromatic N) is 1. The van der Waals surface area contributed by atoms with Crippen molar-refractivity contribution in [2.24, 2.45) is 0 Å². The number of thioether (sulfide) groups is 1. The molecule has 0 aliphatic carbocycles. The molecular formula is C17H13ClN2O4S. The quantitative estimate of drug-likeness (QED) is 0.850. The fourth-order valence-corrected chi connectivity index (χ4v) is 3.49. The van der Waals surface area contributed by atoms with E-state index >= 15 is 0 Å². The highest BCUT2D eigenvalue weighted by atomic mass is 35.5. The van der Waals surface area contributed by atoms with Gasteiger partial charge in [-0.1, -0.05) is 17.7 Å². The predicted octanol–water partition coefficient (Wildman–Crippen LogP) is 3.64. The number of hydrogen-bond donors (Lipinski definition) is 2. The normalized spacial score (nSPS) is 17.0. The van der Waals surface area contributed by atoms with E-state index in [1.165, 1.54) is 12.1 Å². The van der Waals surface area contributed by atoms with E-state index < -0.39 is 22.3 Å². The van der Waals surface area contributed by atoms with Crippen molar-refractivity contribution in [2.45, 2.75) is 11.7 Å². The van der Waals surface area contributed by atoms with Crippen molar-refractivity contribution < 1.29 is 19.5 Å². The summed E-state index contributed by atoms with van der Waals surface area (Å²) < 4.78 is 0. The summed E-state index contributed by atoms with van der Waals surface area (Å²) in [6, 6.07) is 12.4. The molecule has 0 spiro atoms. The average molecular weight is 377 g/mol. The molecular weight excluding hydrogens is 364 g/mol. The number of halogens is 1. The van der Waals surface area contributed by atoms with E-state index in [0.29, 0.717) is 16.4 Å². The van der Waals surface area contributed by atoms with Gasteiger partial charge in [0.2, 0.25) is 11.8 Å². The summed E-state index contributed by atoms with van der Waals surface area (Å²) in [7, 11) is 0. The third-order valence-corrected chi connectivity index (χ3v) is 4.80. The van der Waals surface area contributed by atoms with Gasteiger partial charge >= 0.3 is 0 Å². The first-order valence-corrected chi connectivity index (χ1v) is 8.59. The zero-order valence-corrected chi connectivity index (χ0v) is 14.4. The molecule has 1 atom stereocenters. The molecule has 6 nitrogen and oxygen atoms in total. The van der Waals surface area contributed by atoms with Gasteiger partial charge in [-0.2, -0.15) is 0 Å². The number of rotatable bonds is 4. The summed E-state index contributed by atoms with van der Waals surface area (Å²) in [5.74, 6) is -0.834. The van der Waals surface area contributed by atoms with E-state index in [1.807, 2.05) is 0 Å². The largest absolute Gasteiger partial charge is 0.508 e. The summed E-state index contributed by atoms with van der Waals surface area (Å²) in [4.78, 5) is 37.8. The highest BCUT2D eigenvalue weighted by Gasteiger charge is 2.41. The second kappa shape index (κ2) is 7.16. The lowest BCUT2D eigenvalue weighted by molar-refractivity contribution is -0.121. The standard InChI is InChI=1S/C17H13ClN2O4S/c18-10-4-6-12(7-5-10)20-16(23)14(25-17(20)24)9-15(22)19-11-2-1-3-13(21)8-11/h1-8,14,21H,9H2,(H,19,22). The van der Waals surface area contributed by atoms with Crippen LogP contribution in [0.25, 0.3) is 0 Å². The minimum Gasteiger partial charge on any atom is -0.508 e. The van der Waals surface area contributed by atoms with Crippen molar-refractivity contribution in [2.75, 3.05) is 10.2 Å². The van der Waals surface area contributed by atoms with E-state index in [-0.39, 0.29) is 12.2 Å². The van der Waals surface area contributed by atoms with Gasteiger partial charge in [0.25, 0.3) is 5.24 Å². The minimum absolute atomic E-state index is 0.0215. The van der Waals surface area contributed by atoms with Crippen molar-refractivity contribution in [3.8, 4) is 5.75 Å². The summed E-state index contributed by atoms with van der Waals surface area (Å²) in [5.41, 5.74) is 0.837. The first-order chi connectivity index (χ1) is 11.9. The number of benzene rings is 2. The number of imide groups is 1. The first kappa shape index (κ1) is 17.3. The summed E-state index contributed by atoms with van der Waals surface area (Å²) in [6.07, 6.45) is -0.144. The Hall–Kier alpha value is -2.51. The van der Waals surface area contributed by atoms with Crippen LogP contribution in [0, 0.1) is 0 Å². The number of carbonyl (C=O) groups is 3. The van der Waals surface area contributed by atoms with E-state index in [1.54, 1.807) is 36.4 Å². The van der Waals surface area contributed by atoms with Gasteiger partial charge in [0.1, 0.15) is 11.0 Å². The maximum atomic E-state index is 12.5. The molecule has 1 fully saturated rings. The van der Waals surface area contributed by atoms with Crippen LogP contribution in [0.1, 0.15) is 6.42 Å². The fourth-order valence-electron chi connectivity index (χ4n) is 2.37. The first-order valence-electron chi connectivity index (χ1n) is 7.33. The molecule has 3 amide bonds. The van der Waals surface area contributed by atoms with Gasteiger partial charge in [0.15, 0.2) is 0 Å². The molecule has 0 radical (unpaired) electrons. The molecule has 1 saturated heterocycles. The van der Waals surface area contributed by atoms with Crippen molar-refractivity contribution in [3.05, 3.63) is 53.6 Å². The Morgan fingerprint density at radius 1 is 1.20 bits per heavy atom. The number of anilines is 2. The number of nitrogens with one attached hydrogen (secondary N) is 1. The Balaban J connectivity index is 1.67. The second-order valence-electron chi connectivity index (χ2n) is 5.33. The number of carbonyl (C=O) groups excluding carboxylic acids is 3. The van der Waals surface area contributed by atoms with Gasteiger partial charge in [0.05, 0.1) is 5.69 Å². The van der Waals surface area contributed by atoms with Crippen LogP contribution in [-0.4, -0.2) is 27.4 Å². The van der Waals surface area contributed by atoms with Gasteiger partial charge in [-0.25, -0.2) is 4.90 Å². The predicted molar refractivity (Wildman–Crippen MR) is 97.1 cm³/mol. The fraction of sp³-hybridized carbons (Fsp3) is 0.118. The number of phenols is 1. The molecule has 0 bridgehead atoms. The molecule has 1 unspecified atom stereocenters. The molecule has 25 heavy (non-hydrogen) atoms. The molecule has 1 aliphatic rings. The zero-order valence-electron chi connectivity index (χ0n) is 12.8. The van der Waals surface area contributed by atoms with Crippen molar-refractivity contribution in [1.82, 2.24) is 0 Å². The van der Waals surface area contributed by atoms with Crippen LogP contribution in [0.4, 0.5) is 16.2 Å². The van der Waals surface area contributed by atoms with Gasteiger partial charge in [-0.05, 0) is 48.2 Å². The van der Waals surface area contributed by atoms with Crippen LogP contribution in [0.15, 0.2) is 48.5 Å². The van der Waals surface area contributed by atoms with Gasteiger partial charge in [-0.3, -0.25) is 14.4 Å².